The van der Waals surface area contributed by atoms with Crippen molar-refractivity contribution in [3.05, 3.63) is 78.5 Å². The van der Waals surface area contributed by atoms with Crippen molar-refractivity contribution in [2.45, 2.75) is 26.3 Å². The maximum atomic E-state index is 13.1. The van der Waals surface area contributed by atoms with Crippen molar-refractivity contribution in [1.82, 2.24) is 5.32 Å². The maximum Gasteiger partial charge on any atom is 0.276 e. The maximum absolute atomic E-state index is 13.1. The van der Waals surface area contributed by atoms with E-state index in [0.29, 0.717) is 11.4 Å². The SMILES string of the molecule is C=C=C(C(=O)NC(C)(C)C)C(=O)N(c1ccccc1)c1ccccc1. The molecule has 2 aromatic rings. The van der Waals surface area contributed by atoms with Crippen LogP contribution in [0.5, 0.6) is 0 Å². The first-order valence-corrected chi connectivity index (χ1v) is 8.00. The van der Waals surface area contributed by atoms with Crippen LogP contribution in [0.2, 0.25) is 0 Å². The Morgan fingerprint density at radius 1 is 0.920 bits per heavy atom. The third-order valence-corrected chi connectivity index (χ3v) is 3.34. The fourth-order valence-electron chi connectivity index (χ4n) is 2.31. The molecule has 2 amide bonds. The predicted molar refractivity (Wildman–Crippen MR) is 101 cm³/mol. The molecule has 0 aliphatic carbocycles. The van der Waals surface area contributed by atoms with Crippen molar-refractivity contribution >= 4 is 23.2 Å². The molecular weight excluding hydrogens is 312 g/mol. The first-order valence-electron chi connectivity index (χ1n) is 8.00. The summed E-state index contributed by atoms with van der Waals surface area (Å²) in [6.45, 7) is 9.08. The van der Waals surface area contributed by atoms with Gasteiger partial charge < -0.3 is 5.32 Å². The minimum absolute atomic E-state index is 0.123. The number of para-hydroxylation sites is 2. The van der Waals surface area contributed by atoms with E-state index in [9.17, 15) is 9.59 Å². The van der Waals surface area contributed by atoms with Crippen molar-refractivity contribution in [1.29, 1.82) is 0 Å². The van der Waals surface area contributed by atoms with Gasteiger partial charge in [0.15, 0.2) is 0 Å². The van der Waals surface area contributed by atoms with E-state index in [-0.39, 0.29) is 5.57 Å². The van der Waals surface area contributed by atoms with Gasteiger partial charge in [0, 0.05) is 16.9 Å². The van der Waals surface area contributed by atoms with E-state index in [1.165, 1.54) is 4.90 Å². The van der Waals surface area contributed by atoms with Crippen molar-refractivity contribution in [3.8, 4) is 0 Å². The monoisotopic (exact) mass is 334 g/mol. The molecule has 0 heterocycles. The van der Waals surface area contributed by atoms with E-state index >= 15 is 0 Å². The topological polar surface area (TPSA) is 49.4 Å². The highest BCUT2D eigenvalue weighted by molar-refractivity contribution is 6.25. The van der Waals surface area contributed by atoms with Crippen LogP contribution in [-0.2, 0) is 9.59 Å². The molecule has 0 fully saturated rings. The second-order valence-corrected chi connectivity index (χ2v) is 6.57. The van der Waals surface area contributed by atoms with Crippen LogP contribution in [0, 0.1) is 0 Å². The average Bonchev–Trinajstić information content (AvgIpc) is 2.56. The number of carbonyl (C=O) groups is 2. The number of hydrogen-bond donors (Lipinski definition) is 1. The summed E-state index contributed by atoms with van der Waals surface area (Å²) in [6.07, 6.45) is 0. The van der Waals surface area contributed by atoms with E-state index in [0.717, 1.165) is 0 Å². The van der Waals surface area contributed by atoms with Gasteiger partial charge in [0.1, 0.15) is 5.57 Å². The Hall–Kier alpha value is -3.10. The summed E-state index contributed by atoms with van der Waals surface area (Å²) in [7, 11) is 0. The lowest BCUT2D eigenvalue weighted by Gasteiger charge is -2.25. The fourth-order valence-corrected chi connectivity index (χ4v) is 2.31. The number of rotatable bonds is 4. The molecule has 128 valence electrons. The van der Waals surface area contributed by atoms with E-state index in [2.05, 4.69) is 17.6 Å². The highest BCUT2D eigenvalue weighted by atomic mass is 16.2. The van der Waals surface area contributed by atoms with Gasteiger partial charge in [-0.2, -0.15) is 0 Å². The molecule has 0 spiro atoms. The van der Waals surface area contributed by atoms with E-state index in [1.54, 1.807) is 0 Å². The van der Waals surface area contributed by atoms with Gasteiger partial charge in [0.05, 0.1) is 0 Å². The molecule has 0 saturated carbocycles. The van der Waals surface area contributed by atoms with Crippen LogP contribution in [0.15, 0.2) is 78.5 Å². The number of nitrogens with zero attached hydrogens (tertiary/aromatic N) is 1. The molecule has 4 nitrogen and oxygen atoms in total. The van der Waals surface area contributed by atoms with Crippen molar-refractivity contribution < 1.29 is 9.59 Å². The summed E-state index contributed by atoms with van der Waals surface area (Å²) in [4.78, 5) is 27.1. The summed E-state index contributed by atoms with van der Waals surface area (Å²) in [5.41, 5.74) is 3.24. The summed E-state index contributed by atoms with van der Waals surface area (Å²) in [5.74, 6) is -0.974. The van der Waals surface area contributed by atoms with Gasteiger partial charge in [-0.25, -0.2) is 0 Å². The van der Waals surface area contributed by atoms with Gasteiger partial charge >= 0.3 is 0 Å². The lowest BCUT2D eigenvalue weighted by molar-refractivity contribution is -0.122. The zero-order valence-corrected chi connectivity index (χ0v) is 14.7. The highest BCUT2D eigenvalue weighted by Gasteiger charge is 2.28. The van der Waals surface area contributed by atoms with E-state index < -0.39 is 17.4 Å². The molecule has 2 rings (SSSR count). The smallest absolute Gasteiger partial charge is 0.276 e. The van der Waals surface area contributed by atoms with Crippen LogP contribution in [0.25, 0.3) is 0 Å². The highest BCUT2D eigenvalue weighted by Crippen LogP contribution is 2.26. The van der Waals surface area contributed by atoms with Gasteiger partial charge in [-0.15, -0.1) is 5.73 Å². The summed E-state index contributed by atoms with van der Waals surface area (Å²) in [6, 6.07) is 18.3. The van der Waals surface area contributed by atoms with Gasteiger partial charge in [0.25, 0.3) is 11.8 Å². The van der Waals surface area contributed by atoms with Crippen LogP contribution >= 0.6 is 0 Å². The van der Waals surface area contributed by atoms with Crippen LogP contribution < -0.4 is 10.2 Å². The molecular formula is C21H22N2O2. The molecule has 0 atom stereocenters. The number of hydrogen-bond acceptors (Lipinski definition) is 2. The van der Waals surface area contributed by atoms with Crippen molar-refractivity contribution in [3.63, 3.8) is 0 Å². The molecule has 0 radical (unpaired) electrons. The molecule has 0 aromatic heterocycles. The fraction of sp³-hybridized carbons (Fsp3) is 0.190. The number of anilines is 2. The third kappa shape index (κ3) is 4.69. The average molecular weight is 334 g/mol. The second-order valence-electron chi connectivity index (χ2n) is 6.57. The Morgan fingerprint density at radius 2 is 1.36 bits per heavy atom. The Balaban J connectivity index is 2.45. The Morgan fingerprint density at radius 3 is 1.72 bits per heavy atom. The normalized spacial score (nSPS) is 10.5. The lowest BCUT2D eigenvalue weighted by Crippen LogP contribution is -2.44. The van der Waals surface area contributed by atoms with Crippen LogP contribution in [0.1, 0.15) is 20.8 Å². The third-order valence-electron chi connectivity index (χ3n) is 3.34. The van der Waals surface area contributed by atoms with E-state index in [1.807, 2.05) is 81.4 Å². The number of carbonyl (C=O) groups excluding carboxylic acids is 2. The zero-order valence-electron chi connectivity index (χ0n) is 14.7. The summed E-state index contributed by atoms with van der Waals surface area (Å²) < 4.78 is 0. The minimum Gasteiger partial charge on any atom is -0.347 e. The largest absolute Gasteiger partial charge is 0.347 e. The van der Waals surface area contributed by atoms with Crippen LogP contribution in [-0.4, -0.2) is 17.4 Å². The number of nitrogens with one attached hydrogen (secondary N) is 1. The van der Waals surface area contributed by atoms with Crippen molar-refractivity contribution in [2.24, 2.45) is 0 Å². The molecule has 0 aliphatic rings. The molecule has 1 N–H and O–H groups in total. The van der Waals surface area contributed by atoms with Gasteiger partial charge in [-0.3, -0.25) is 14.5 Å². The molecule has 0 bridgehead atoms. The first kappa shape index (κ1) is 18.2. The Labute approximate surface area is 148 Å². The number of benzene rings is 2. The molecule has 0 unspecified atom stereocenters. The van der Waals surface area contributed by atoms with Gasteiger partial charge in [-0.05, 0) is 45.0 Å². The van der Waals surface area contributed by atoms with Crippen LogP contribution in [0.3, 0.4) is 0 Å². The summed E-state index contributed by atoms with van der Waals surface area (Å²) in [5, 5.41) is 2.78. The van der Waals surface area contributed by atoms with Crippen molar-refractivity contribution in [2.75, 3.05) is 4.90 Å². The Bertz CT molecular complexity index is 759. The molecule has 25 heavy (non-hydrogen) atoms. The number of amides is 2. The minimum atomic E-state index is -0.496. The molecule has 2 aromatic carbocycles. The lowest BCUT2D eigenvalue weighted by atomic mass is 10.1. The summed E-state index contributed by atoms with van der Waals surface area (Å²) >= 11 is 0. The van der Waals surface area contributed by atoms with Gasteiger partial charge in [-0.1, -0.05) is 43.0 Å². The predicted octanol–water partition coefficient (Wildman–Crippen LogP) is 3.98. The molecule has 0 aliphatic heterocycles. The van der Waals surface area contributed by atoms with E-state index in [4.69, 9.17) is 0 Å². The quantitative estimate of drug-likeness (QED) is 0.398. The Kier molecular flexibility index (Phi) is 5.58. The second kappa shape index (κ2) is 7.65. The zero-order chi connectivity index (χ0) is 18.4. The van der Waals surface area contributed by atoms with Crippen LogP contribution in [0.4, 0.5) is 11.4 Å². The van der Waals surface area contributed by atoms with Gasteiger partial charge in [0.2, 0.25) is 0 Å². The first-order chi connectivity index (χ1) is 11.8. The molecule has 0 saturated heterocycles. The molecule has 4 heteroatoms. The standard InChI is InChI=1S/C21H22N2O2/c1-5-18(19(24)22-21(2,3)4)20(25)23(16-12-8-6-9-13-16)17-14-10-7-11-15-17/h6-15H,1H2,2-4H3,(H,22,24).